The zero-order valence-electron chi connectivity index (χ0n) is 14.8. The number of pyridine rings is 2. The highest BCUT2D eigenvalue weighted by Crippen LogP contribution is 2.44. The van der Waals surface area contributed by atoms with Gasteiger partial charge in [0.2, 0.25) is 11.8 Å². The number of anilines is 2. The third-order valence-corrected chi connectivity index (χ3v) is 4.92. The molecule has 4 N–H and O–H groups in total. The molecule has 0 atom stereocenters. The number of hydrogen-bond acceptors (Lipinski definition) is 4. The topological polar surface area (TPSA) is 124 Å². The predicted octanol–water partition coefficient (Wildman–Crippen LogP) is 1.98. The highest BCUT2D eigenvalue weighted by atomic mass is 16.2. The van der Waals surface area contributed by atoms with Crippen molar-refractivity contribution in [2.24, 2.45) is 5.41 Å². The van der Waals surface area contributed by atoms with E-state index in [0.29, 0.717) is 0 Å². The van der Waals surface area contributed by atoms with E-state index in [9.17, 15) is 19.2 Å². The molecule has 0 aromatic carbocycles. The Kier molecular flexibility index (Phi) is 5.54. The molecular formula is C19H22N4O4. The summed E-state index contributed by atoms with van der Waals surface area (Å²) in [5, 5.41) is 5.25. The van der Waals surface area contributed by atoms with Gasteiger partial charge in [0.25, 0.3) is 11.1 Å². The molecule has 8 heteroatoms. The molecule has 8 nitrogen and oxygen atoms in total. The Morgan fingerprint density at radius 3 is 1.70 bits per heavy atom. The van der Waals surface area contributed by atoms with E-state index in [0.717, 1.165) is 25.7 Å². The molecule has 27 heavy (non-hydrogen) atoms. The fraction of sp³-hybridized carbons (Fsp3) is 0.368. The first-order valence-electron chi connectivity index (χ1n) is 8.93. The minimum absolute atomic E-state index is 0.153. The summed E-state index contributed by atoms with van der Waals surface area (Å²) in [6.07, 6.45) is 6.68. The van der Waals surface area contributed by atoms with Crippen LogP contribution < -0.4 is 21.8 Å². The number of hydrogen-bond donors (Lipinski definition) is 4. The van der Waals surface area contributed by atoms with Gasteiger partial charge in [0.15, 0.2) is 0 Å². The van der Waals surface area contributed by atoms with Crippen LogP contribution in [0.4, 0.5) is 11.4 Å². The molecule has 1 fully saturated rings. The second kappa shape index (κ2) is 8.03. The van der Waals surface area contributed by atoms with Crippen LogP contribution >= 0.6 is 0 Å². The number of rotatable bonds is 6. The number of nitrogens with one attached hydrogen (secondary N) is 4. The lowest BCUT2D eigenvalue weighted by molar-refractivity contribution is -0.121. The molecule has 1 saturated carbocycles. The fourth-order valence-corrected chi connectivity index (χ4v) is 3.65. The van der Waals surface area contributed by atoms with E-state index in [1.165, 1.54) is 24.5 Å². The van der Waals surface area contributed by atoms with E-state index in [1.807, 2.05) is 0 Å². The molecule has 0 spiro atoms. The zero-order chi connectivity index (χ0) is 19.3. The lowest BCUT2D eigenvalue weighted by atomic mass is 9.79. The molecule has 0 saturated heterocycles. The highest BCUT2D eigenvalue weighted by molar-refractivity contribution is 5.93. The van der Waals surface area contributed by atoms with Crippen LogP contribution in [-0.4, -0.2) is 21.8 Å². The molecule has 3 rings (SSSR count). The van der Waals surface area contributed by atoms with Crippen LogP contribution in [0.3, 0.4) is 0 Å². The standard InChI is InChI=1S/C19H22N4O4/c24-15(22-13-5-3-9-20-17(13)26)11-19(7-1-2-8-19)12-16(25)23-14-6-4-10-21-18(14)27/h3-6,9-10H,1-2,7-8,11-12H2,(H,20,26)(H,21,27)(H,22,24)(H,23,25). The average molecular weight is 370 g/mol. The summed E-state index contributed by atoms with van der Waals surface area (Å²) in [7, 11) is 0. The van der Waals surface area contributed by atoms with Crippen molar-refractivity contribution in [2.45, 2.75) is 38.5 Å². The van der Waals surface area contributed by atoms with Crippen molar-refractivity contribution in [3.05, 3.63) is 57.4 Å². The zero-order valence-corrected chi connectivity index (χ0v) is 14.8. The van der Waals surface area contributed by atoms with Gasteiger partial charge in [-0.2, -0.15) is 0 Å². The van der Waals surface area contributed by atoms with Crippen LogP contribution in [-0.2, 0) is 9.59 Å². The number of aromatic amines is 2. The van der Waals surface area contributed by atoms with Gasteiger partial charge < -0.3 is 20.6 Å². The maximum Gasteiger partial charge on any atom is 0.271 e. The normalized spacial score (nSPS) is 15.3. The third kappa shape index (κ3) is 4.72. The summed E-state index contributed by atoms with van der Waals surface area (Å²) in [5.74, 6) is -0.585. The van der Waals surface area contributed by atoms with Crippen LogP contribution in [0, 0.1) is 5.41 Å². The second-order valence-electron chi connectivity index (χ2n) is 6.98. The lowest BCUT2D eigenvalue weighted by Crippen LogP contribution is -2.31. The molecular weight excluding hydrogens is 348 g/mol. The molecule has 0 unspecified atom stereocenters. The Morgan fingerprint density at radius 2 is 1.30 bits per heavy atom. The molecule has 1 aliphatic rings. The first-order valence-corrected chi connectivity index (χ1v) is 8.93. The molecule has 2 aromatic rings. The molecule has 0 aliphatic heterocycles. The fourth-order valence-electron chi connectivity index (χ4n) is 3.65. The molecule has 1 aliphatic carbocycles. The van der Waals surface area contributed by atoms with Gasteiger partial charge >= 0.3 is 0 Å². The Bertz CT molecular complexity index is 869. The summed E-state index contributed by atoms with van der Waals surface area (Å²) in [4.78, 5) is 53.4. The summed E-state index contributed by atoms with van der Waals surface area (Å²) in [6, 6.07) is 6.33. The maximum atomic E-state index is 12.5. The van der Waals surface area contributed by atoms with Crippen molar-refractivity contribution in [3.63, 3.8) is 0 Å². The van der Waals surface area contributed by atoms with E-state index in [1.54, 1.807) is 12.1 Å². The Labute approximate surface area is 155 Å². The predicted molar refractivity (Wildman–Crippen MR) is 102 cm³/mol. The molecule has 0 bridgehead atoms. The van der Waals surface area contributed by atoms with Crippen molar-refractivity contribution in [1.82, 2.24) is 9.97 Å². The summed E-state index contributed by atoms with van der Waals surface area (Å²) in [6.45, 7) is 0. The highest BCUT2D eigenvalue weighted by Gasteiger charge is 2.38. The number of H-pyrrole nitrogens is 2. The van der Waals surface area contributed by atoms with Crippen molar-refractivity contribution < 1.29 is 9.59 Å². The Hall–Kier alpha value is -3.16. The van der Waals surface area contributed by atoms with Crippen LogP contribution in [0.5, 0.6) is 0 Å². The van der Waals surface area contributed by atoms with Gasteiger partial charge in [0.05, 0.1) is 0 Å². The van der Waals surface area contributed by atoms with Gasteiger partial charge in [0, 0.05) is 25.2 Å². The van der Waals surface area contributed by atoms with E-state index in [4.69, 9.17) is 0 Å². The van der Waals surface area contributed by atoms with Gasteiger partial charge in [-0.05, 0) is 42.5 Å². The summed E-state index contributed by atoms with van der Waals surface area (Å²) in [5.41, 5.74) is -0.816. The van der Waals surface area contributed by atoms with Crippen molar-refractivity contribution in [1.29, 1.82) is 0 Å². The SMILES string of the molecule is O=C(CC1(CC(=O)Nc2ccc[nH]c2=O)CCCC1)Nc1ccc[nH]c1=O. The number of carbonyl (C=O) groups is 2. The van der Waals surface area contributed by atoms with Crippen molar-refractivity contribution in [3.8, 4) is 0 Å². The third-order valence-electron chi connectivity index (χ3n) is 4.92. The number of aromatic nitrogens is 2. The van der Waals surface area contributed by atoms with Gasteiger partial charge in [-0.25, -0.2) is 0 Å². The number of carbonyl (C=O) groups excluding carboxylic acids is 2. The molecule has 2 aromatic heterocycles. The van der Waals surface area contributed by atoms with Crippen LogP contribution in [0.2, 0.25) is 0 Å². The van der Waals surface area contributed by atoms with Crippen LogP contribution in [0.1, 0.15) is 38.5 Å². The first kappa shape index (κ1) is 18.6. The molecule has 142 valence electrons. The molecule has 2 amide bonds. The Morgan fingerprint density at radius 1 is 0.852 bits per heavy atom. The quantitative estimate of drug-likeness (QED) is 0.620. The summed E-state index contributed by atoms with van der Waals surface area (Å²) < 4.78 is 0. The molecule has 0 radical (unpaired) electrons. The number of amides is 2. The second-order valence-corrected chi connectivity index (χ2v) is 6.98. The Balaban J connectivity index is 1.66. The van der Waals surface area contributed by atoms with Gasteiger partial charge in [-0.3, -0.25) is 19.2 Å². The first-order chi connectivity index (χ1) is 13.0. The van der Waals surface area contributed by atoms with Gasteiger partial charge in [-0.1, -0.05) is 12.8 Å². The van der Waals surface area contributed by atoms with E-state index in [-0.39, 0.29) is 47.1 Å². The summed E-state index contributed by atoms with van der Waals surface area (Å²) >= 11 is 0. The monoisotopic (exact) mass is 370 g/mol. The molecule has 2 heterocycles. The maximum absolute atomic E-state index is 12.5. The largest absolute Gasteiger partial charge is 0.327 e. The van der Waals surface area contributed by atoms with Crippen LogP contribution in [0.15, 0.2) is 46.2 Å². The van der Waals surface area contributed by atoms with Crippen LogP contribution in [0.25, 0.3) is 0 Å². The van der Waals surface area contributed by atoms with Crippen molar-refractivity contribution in [2.75, 3.05) is 10.6 Å². The smallest absolute Gasteiger partial charge is 0.271 e. The van der Waals surface area contributed by atoms with Gasteiger partial charge in [-0.15, -0.1) is 0 Å². The lowest BCUT2D eigenvalue weighted by Gasteiger charge is -2.27. The van der Waals surface area contributed by atoms with E-state index >= 15 is 0 Å². The average Bonchev–Trinajstić information content (AvgIpc) is 3.06. The minimum atomic E-state index is -0.461. The minimum Gasteiger partial charge on any atom is -0.327 e. The van der Waals surface area contributed by atoms with Gasteiger partial charge in [0.1, 0.15) is 11.4 Å². The van der Waals surface area contributed by atoms with E-state index < -0.39 is 5.41 Å². The van der Waals surface area contributed by atoms with Crippen molar-refractivity contribution >= 4 is 23.2 Å². The van der Waals surface area contributed by atoms with E-state index in [2.05, 4.69) is 20.6 Å².